The third kappa shape index (κ3) is 2.01. The second kappa shape index (κ2) is 4.25. The van der Waals surface area contributed by atoms with Crippen LogP contribution in [0.2, 0.25) is 5.02 Å². The van der Waals surface area contributed by atoms with E-state index in [4.69, 9.17) is 27.6 Å². The highest BCUT2D eigenvalue weighted by Gasteiger charge is 2.10. The molecule has 0 saturated heterocycles. The molecule has 1 aromatic carbocycles. The lowest BCUT2D eigenvalue weighted by atomic mass is 10.1. The minimum atomic E-state index is 0.350. The van der Waals surface area contributed by atoms with Crippen molar-refractivity contribution in [3.8, 4) is 11.5 Å². The smallest absolute Gasteiger partial charge is 0.226 e. The number of hydrogen-bond donors (Lipinski definition) is 0. The Labute approximate surface area is 97.8 Å². The lowest BCUT2D eigenvalue weighted by Gasteiger charge is -2.02. The molecule has 0 unspecified atom stereocenters. The van der Waals surface area contributed by atoms with Gasteiger partial charge in [-0.05, 0) is 24.6 Å². The molecule has 0 spiro atoms. The van der Waals surface area contributed by atoms with Gasteiger partial charge in [-0.3, -0.25) is 0 Å². The lowest BCUT2D eigenvalue weighted by Crippen LogP contribution is -1.85. The van der Waals surface area contributed by atoms with Crippen molar-refractivity contribution in [3.05, 3.63) is 40.7 Å². The van der Waals surface area contributed by atoms with Crippen molar-refractivity contribution in [2.24, 2.45) is 0 Å². The zero-order chi connectivity index (χ0) is 10.8. The number of nitrogens with zero attached hydrogens (tertiary/aromatic N) is 1. The molecule has 0 aliphatic rings. The Hall–Kier alpha value is -0.990. The van der Waals surface area contributed by atoms with E-state index in [1.807, 2.05) is 25.1 Å². The van der Waals surface area contributed by atoms with Gasteiger partial charge in [0.2, 0.25) is 5.89 Å². The average molecular weight is 242 g/mol. The molecule has 0 amide bonds. The van der Waals surface area contributed by atoms with E-state index in [-0.39, 0.29) is 0 Å². The van der Waals surface area contributed by atoms with Crippen molar-refractivity contribution in [1.82, 2.24) is 4.98 Å². The monoisotopic (exact) mass is 241 g/mol. The lowest BCUT2D eigenvalue weighted by molar-refractivity contribution is 0.573. The first kappa shape index (κ1) is 10.5. The van der Waals surface area contributed by atoms with Crippen molar-refractivity contribution >= 4 is 23.2 Å². The molecule has 2 aromatic rings. The van der Waals surface area contributed by atoms with E-state index in [1.165, 1.54) is 0 Å². The number of oxazole rings is 1. The summed E-state index contributed by atoms with van der Waals surface area (Å²) in [5.74, 6) is 0.911. The Bertz CT molecular complexity index is 479. The molecule has 2 rings (SSSR count). The number of alkyl halides is 1. The van der Waals surface area contributed by atoms with E-state index >= 15 is 0 Å². The fourth-order valence-corrected chi connectivity index (χ4v) is 1.63. The van der Waals surface area contributed by atoms with E-state index in [1.54, 1.807) is 6.26 Å². The minimum Gasteiger partial charge on any atom is -0.444 e. The van der Waals surface area contributed by atoms with Crippen LogP contribution in [-0.2, 0) is 5.88 Å². The van der Waals surface area contributed by atoms with E-state index in [0.29, 0.717) is 16.8 Å². The molecule has 15 heavy (non-hydrogen) atoms. The van der Waals surface area contributed by atoms with Crippen LogP contribution in [0.1, 0.15) is 11.3 Å². The summed E-state index contributed by atoms with van der Waals surface area (Å²) in [5, 5.41) is 0.707. The SMILES string of the molecule is Cc1c(Cl)cccc1-c1nc(CCl)co1. The number of hydrogen-bond acceptors (Lipinski definition) is 2. The normalized spacial score (nSPS) is 10.6. The molecule has 0 radical (unpaired) electrons. The first-order chi connectivity index (χ1) is 7.22. The summed E-state index contributed by atoms with van der Waals surface area (Å²) in [6.45, 7) is 1.93. The van der Waals surface area contributed by atoms with Crippen molar-refractivity contribution in [3.63, 3.8) is 0 Å². The highest BCUT2D eigenvalue weighted by molar-refractivity contribution is 6.31. The molecule has 0 saturated carbocycles. The average Bonchev–Trinajstić information content (AvgIpc) is 2.70. The van der Waals surface area contributed by atoms with Gasteiger partial charge in [0.15, 0.2) is 0 Å². The minimum absolute atomic E-state index is 0.350. The van der Waals surface area contributed by atoms with Gasteiger partial charge in [-0.1, -0.05) is 17.7 Å². The third-order valence-corrected chi connectivity index (χ3v) is 2.87. The number of rotatable bonds is 2. The van der Waals surface area contributed by atoms with Crippen LogP contribution < -0.4 is 0 Å². The Morgan fingerprint density at radius 2 is 2.20 bits per heavy atom. The molecule has 0 fully saturated rings. The molecule has 1 aromatic heterocycles. The van der Waals surface area contributed by atoms with Crippen LogP contribution in [0, 0.1) is 6.92 Å². The largest absolute Gasteiger partial charge is 0.444 e. The van der Waals surface area contributed by atoms with Gasteiger partial charge in [0, 0.05) is 10.6 Å². The van der Waals surface area contributed by atoms with Gasteiger partial charge in [-0.25, -0.2) is 4.98 Å². The van der Waals surface area contributed by atoms with Gasteiger partial charge in [-0.15, -0.1) is 11.6 Å². The summed E-state index contributed by atoms with van der Waals surface area (Å²) in [6.07, 6.45) is 1.56. The molecular formula is C11H9Cl2NO. The summed E-state index contributed by atoms with van der Waals surface area (Å²) in [4.78, 5) is 4.24. The zero-order valence-corrected chi connectivity index (χ0v) is 9.64. The number of benzene rings is 1. The molecular weight excluding hydrogens is 233 g/mol. The van der Waals surface area contributed by atoms with Crippen LogP contribution in [-0.4, -0.2) is 4.98 Å². The van der Waals surface area contributed by atoms with Crippen LogP contribution in [0.5, 0.6) is 0 Å². The molecule has 0 aliphatic carbocycles. The maximum atomic E-state index is 6.01. The standard InChI is InChI=1S/C11H9Cl2NO/c1-7-9(3-2-4-10(7)13)11-14-8(5-12)6-15-11/h2-4,6H,5H2,1H3. The van der Waals surface area contributed by atoms with Crippen LogP contribution in [0.4, 0.5) is 0 Å². The van der Waals surface area contributed by atoms with E-state index < -0.39 is 0 Å². The van der Waals surface area contributed by atoms with Crippen molar-refractivity contribution in [2.75, 3.05) is 0 Å². The predicted octanol–water partition coefficient (Wildman–Crippen LogP) is 4.04. The highest BCUT2D eigenvalue weighted by atomic mass is 35.5. The van der Waals surface area contributed by atoms with Crippen molar-refractivity contribution in [2.45, 2.75) is 12.8 Å². The van der Waals surface area contributed by atoms with Gasteiger partial charge < -0.3 is 4.42 Å². The molecule has 1 heterocycles. The van der Waals surface area contributed by atoms with Crippen LogP contribution in [0.25, 0.3) is 11.5 Å². The number of halogens is 2. The zero-order valence-electron chi connectivity index (χ0n) is 8.13. The summed E-state index contributed by atoms with van der Waals surface area (Å²) in [7, 11) is 0. The van der Waals surface area contributed by atoms with Crippen molar-refractivity contribution < 1.29 is 4.42 Å². The molecule has 0 atom stereocenters. The molecule has 0 N–H and O–H groups in total. The Morgan fingerprint density at radius 1 is 1.40 bits per heavy atom. The van der Waals surface area contributed by atoms with Gasteiger partial charge in [0.1, 0.15) is 6.26 Å². The molecule has 4 heteroatoms. The maximum absolute atomic E-state index is 6.01. The van der Waals surface area contributed by atoms with Gasteiger partial charge in [0.05, 0.1) is 11.6 Å². The summed E-state index contributed by atoms with van der Waals surface area (Å²) >= 11 is 11.7. The maximum Gasteiger partial charge on any atom is 0.226 e. The highest BCUT2D eigenvalue weighted by Crippen LogP contribution is 2.27. The first-order valence-electron chi connectivity index (χ1n) is 4.48. The predicted molar refractivity (Wildman–Crippen MR) is 61.2 cm³/mol. The number of aromatic nitrogens is 1. The van der Waals surface area contributed by atoms with Gasteiger partial charge in [-0.2, -0.15) is 0 Å². The summed E-state index contributed by atoms with van der Waals surface area (Å²) in [5.41, 5.74) is 2.59. The summed E-state index contributed by atoms with van der Waals surface area (Å²) < 4.78 is 5.32. The molecule has 78 valence electrons. The second-order valence-electron chi connectivity index (χ2n) is 3.19. The molecule has 2 nitrogen and oxygen atoms in total. The molecule has 0 aliphatic heterocycles. The first-order valence-corrected chi connectivity index (χ1v) is 5.39. The fourth-order valence-electron chi connectivity index (χ4n) is 1.33. The van der Waals surface area contributed by atoms with Crippen LogP contribution in [0.3, 0.4) is 0 Å². The Balaban J connectivity index is 2.49. The summed E-state index contributed by atoms with van der Waals surface area (Å²) in [6, 6.07) is 5.63. The Kier molecular flexibility index (Phi) is 2.98. The molecule has 0 bridgehead atoms. The van der Waals surface area contributed by atoms with E-state index in [2.05, 4.69) is 4.98 Å². The van der Waals surface area contributed by atoms with Crippen LogP contribution in [0.15, 0.2) is 28.9 Å². The Morgan fingerprint density at radius 3 is 2.87 bits per heavy atom. The van der Waals surface area contributed by atoms with Gasteiger partial charge >= 0.3 is 0 Å². The van der Waals surface area contributed by atoms with Crippen molar-refractivity contribution in [1.29, 1.82) is 0 Å². The topological polar surface area (TPSA) is 26.0 Å². The fraction of sp³-hybridized carbons (Fsp3) is 0.182. The third-order valence-electron chi connectivity index (χ3n) is 2.19. The van der Waals surface area contributed by atoms with Gasteiger partial charge in [0.25, 0.3) is 0 Å². The second-order valence-corrected chi connectivity index (χ2v) is 3.86. The van der Waals surface area contributed by atoms with Crippen LogP contribution >= 0.6 is 23.2 Å². The van der Waals surface area contributed by atoms with E-state index in [0.717, 1.165) is 16.8 Å². The quantitative estimate of drug-likeness (QED) is 0.742. The van der Waals surface area contributed by atoms with E-state index in [9.17, 15) is 0 Å².